The molecule has 0 radical (unpaired) electrons. The summed E-state index contributed by atoms with van der Waals surface area (Å²) in [4.78, 5) is 24.8. The van der Waals surface area contributed by atoms with E-state index in [0.717, 1.165) is 15.2 Å². The van der Waals surface area contributed by atoms with Crippen molar-refractivity contribution in [2.75, 3.05) is 13.2 Å². The van der Waals surface area contributed by atoms with Crippen molar-refractivity contribution in [2.45, 2.75) is 6.92 Å². The molecule has 1 amide bonds. The van der Waals surface area contributed by atoms with E-state index in [1.165, 1.54) is 6.21 Å². The molecule has 0 aliphatic rings. The Morgan fingerprint density at radius 1 is 0.889 bits per heavy atom. The molecule has 0 spiro atoms. The monoisotopic (exact) mass is 546 g/mol. The summed E-state index contributed by atoms with van der Waals surface area (Å²) in [6, 6.07) is 25.3. The molecule has 4 rings (SSSR count). The standard InChI is InChI=1S/C28H23BrN2O5/c1-2-34-24-11-8-20(9-12-24)28(33)36-26-14-10-23(29)15-22(26)17-30-31-27(32)18-35-25-13-7-19-5-3-4-6-21(19)16-25/h3-17H,2,18H2,1H3,(H,31,32)/b30-17-. The van der Waals surface area contributed by atoms with Gasteiger partial charge in [-0.3, -0.25) is 4.79 Å². The molecule has 36 heavy (non-hydrogen) atoms. The normalized spacial score (nSPS) is 10.8. The van der Waals surface area contributed by atoms with E-state index in [1.807, 2.05) is 49.4 Å². The molecule has 182 valence electrons. The average molecular weight is 547 g/mol. The third kappa shape index (κ3) is 6.70. The fourth-order valence-electron chi connectivity index (χ4n) is 3.34. The molecule has 4 aromatic rings. The number of carbonyl (C=O) groups excluding carboxylic acids is 2. The molecule has 0 saturated carbocycles. The van der Waals surface area contributed by atoms with Gasteiger partial charge < -0.3 is 14.2 Å². The minimum absolute atomic E-state index is 0.201. The molecular weight excluding hydrogens is 524 g/mol. The number of benzene rings is 4. The number of nitrogens with zero attached hydrogens (tertiary/aromatic N) is 1. The summed E-state index contributed by atoms with van der Waals surface area (Å²) >= 11 is 3.40. The van der Waals surface area contributed by atoms with Gasteiger partial charge in [-0.1, -0.05) is 46.3 Å². The number of hydrogen-bond acceptors (Lipinski definition) is 6. The number of halogens is 1. The van der Waals surface area contributed by atoms with Gasteiger partial charge in [-0.05, 0) is 72.3 Å². The van der Waals surface area contributed by atoms with Gasteiger partial charge >= 0.3 is 5.97 Å². The Bertz CT molecular complexity index is 1400. The van der Waals surface area contributed by atoms with Crippen molar-refractivity contribution in [3.05, 3.63) is 101 Å². The SMILES string of the molecule is CCOc1ccc(C(=O)Oc2ccc(Br)cc2/C=N\NC(=O)COc2ccc3ccccc3c2)cc1. The predicted molar refractivity (Wildman–Crippen MR) is 142 cm³/mol. The fraction of sp³-hybridized carbons (Fsp3) is 0.107. The van der Waals surface area contributed by atoms with Crippen LogP contribution >= 0.6 is 15.9 Å². The van der Waals surface area contributed by atoms with E-state index >= 15 is 0 Å². The first-order valence-corrected chi connectivity index (χ1v) is 12.0. The summed E-state index contributed by atoms with van der Waals surface area (Å²) < 4.78 is 17.3. The van der Waals surface area contributed by atoms with Crippen LogP contribution in [0.3, 0.4) is 0 Å². The number of esters is 1. The van der Waals surface area contributed by atoms with Gasteiger partial charge in [-0.2, -0.15) is 5.10 Å². The van der Waals surface area contributed by atoms with E-state index in [-0.39, 0.29) is 6.61 Å². The van der Waals surface area contributed by atoms with Crippen molar-refractivity contribution in [3.63, 3.8) is 0 Å². The smallest absolute Gasteiger partial charge is 0.343 e. The zero-order valence-electron chi connectivity index (χ0n) is 19.4. The second-order valence-corrected chi connectivity index (χ2v) is 8.54. The summed E-state index contributed by atoms with van der Waals surface area (Å²) in [5, 5.41) is 6.10. The maximum absolute atomic E-state index is 12.6. The first kappa shape index (κ1) is 24.9. The van der Waals surface area contributed by atoms with E-state index in [2.05, 4.69) is 26.5 Å². The van der Waals surface area contributed by atoms with Crippen molar-refractivity contribution >= 4 is 44.8 Å². The molecular formula is C28H23BrN2O5. The predicted octanol–water partition coefficient (Wildman–Crippen LogP) is 5.75. The Morgan fingerprint density at radius 3 is 2.42 bits per heavy atom. The highest BCUT2D eigenvalue weighted by molar-refractivity contribution is 9.10. The van der Waals surface area contributed by atoms with Crippen LogP contribution in [0.15, 0.2) is 94.5 Å². The van der Waals surface area contributed by atoms with Gasteiger partial charge in [-0.25, -0.2) is 10.2 Å². The van der Waals surface area contributed by atoms with E-state index in [9.17, 15) is 9.59 Å². The highest BCUT2D eigenvalue weighted by atomic mass is 79.9. The van der Waals surface area contributed by atoms with Gasteiger partial charge in [0.15, 0.2) is 6.61 Å². The highest BCUT2D eigenvalue weighted by Crippen LogP contribution is 2.24. The Morgan fingerprint density at radius 2 is 1.64 bits per heavy atom. The Labute approximate surface area is 216 Å². The molecule has 0 fully saturated rings. The number of ether oxygens (including phenoxy) is 3. The van der Waals surface area contributed by atoms with Crippen molar-refractivity contribution < 1.29 is 23.8 Å². The second-order valence-electron chi connectivity index (χ2n) is 7.62. The number of rotatable bonds is 9. The van der Waals surface area contributed by atoms with Crippen LogP contribution in [-0.4, -0.2) is 31.3 Å². The molecule has 0 bridgehead atoms. The van der Waals surface area contributed by atoms with E-state index in [1.54, 1.807) is 42.5 Å². The molecule has 0 unspecified atom stereocenters. The largest absolute Gasteiger partial charge is 0.494 e. The molecule has 0 heterocycles. The van der Waals surface area contributed by atoms with Crippen molar-refractivity contribution in [2.24, 2.45) is 5.10 Å². The van der Waals surface area contributed by atoms with E-state index in [0.29, 0.717) is 35.0 Å². The third-order valence-corrected chi connectivity index (χ3v) is 5.55. The number of nitrogens with one attached hydrogen (secondary N) is 1. The summed E-state index contributed by atoms with van der Waals surface area (Å²) in [5.41, 5.74) is 3.30. The van der Waals surface area contributed by atoms with Crippen LogP contribution in [0.4, 0.5) is 0 Å². The number of amides is 1. The fourth-order valence-corrected chi connectivity index (χ4v) is 3.72. The number of fused-ring (bicyclic) bond motifs is 1. The molecule has 0 saturated heterocycles. The van der Waals surface area contributed by atoms with Gasteiger partial charge in [0.1, 0.15) is 17.2 Å². The van der Waals surface area contributed by atoms with Crippen LogP contribution in [0.2, 0.25) is 0 Å². The lowest BCUT2D eigenvalue weighted by atomic mass is 10.1. The molecule has 0 aromatic heterocycles. The van der Waals surface area contributed by atoms with Crippen LogP contribution in [0.5, 0.6) is 17.2 Å². The summed E-state index contributed by atoms with van der Waals surface area (Å²) in [6.07, 6.45) is 1.40. The van der Waals surface area contributed by atoms with Crippen molar-refractivity contribution in [3.8, 4) is 17.2 Å². The topological polar surface area (TPSA) is 86.2 Å². The van der Waals surface area contributed by atoms with Crippen LogP contribution in [-0.2, 0) is 4.79 Å². The molecule has 0 aliphatic heterocycles. The average Bonchev–Trinajstić information content (AvgIpc) is 2.89. The Balaban J connectivity index is 1.35. The lowest BCUT2D eigenvalue weighted by Gasteiger charge is -2.09. The van der Waals surface area contributed by atoms with Gasteiger partial charge in [0.05, 0.1) is 18.4 Å². The third-order valence-electron chi connectivity index (χ3n) is 5.06. The van der Waals surface area contributed by atoms with Crippen LogP contribution in [0, 0.1) is 0 Å². The van der Waals surface area contributed by atoms with Crippen molar-refractivity contribution in [1.29, 1.82) is 0 Å². The molecule has 0 atom stereocenters. The van der Waals surface area contributed by atoms with Gasteiger partial charge in [0, 0.05) is 10.0 Å². The zero-order valence-corrected chi connectivity index (χ0v) is 21.0. The van der Waals surface area contributed by atoms with Gasteiger partial charge in [-0.15, -0.1) is 0 Å². The minimum Gasteiger partial charge on any atom is -0.494 e. The van der Waals surface area contributed by atoms with Crippen LogP contribution in [0.25, 0.3) is 10.8 Å². The van der Waals surface area contributed by atoms with Crippen LogP contribution in [0.1, 0.15) is 22.8 Å². The first-order valence-electron chi connectivity index (χ1n) is 11.2. The lowest BCUT2D eigenvalue weighted by molar-refractivity contribution is -0.123. The maximum Gasteiger partial charge on any atom is 0.343 e. The minimum atomic E-state index is -0.525. The first-order chi connectivity index (χ1) is 17.5. The molecule has 4 aromatic carbocycles. The molecule has 0 aliphatic carbocycles. The lowest BCUT2D eigenvalue weighted by Crippen LogP contribution is -2.24. The van der Waals surface area contributed by atoms with Crippen molar-refractivity contribution in [1.82, 2.24) is 5.43 Å². The molecule has 7 nitrogen and oxygen atoms in total. The molecule has 1 N–H and O–H groups in total. The number of hydrogen-bond donors (Lipinski definition) is 1. The Hall–Kier alpha value is -4.17. The van der Waals surface area contributed by atoms with E-state index in [4.69, 9.17) is 14.2 Å². The van der Waals surface area contributed by atoms with Gasteiger partial charge in [0.25, 0.3) is 5.91 Å². The quantitative estimate of drug-likeness (QED) is 0.125. The number of carbonyl (C=O) groups is 2. The van der Waals surface area contributed by atoms with E-state index < -0.39 is 11.9 Å². The Kier molecular flexibility index (Phi) is 8.31. The summed E-state index contributed by atoms with van der Waals surface area (Å²) in [7, 11) is 0. The van der Waals surface area contributed by atoms with Gasteiger partial charge in [0.2, 0.25) is 0 Å². The molecule has 8 heteroatoms. The highest BCUT2D eigenvalue weighted by Gasteiger charge is 2.12. The number of hydrazone groups is 1. The van der Waals surface area contributed by atoms with Crippen LogP contribution < -0.4 is 19.6 Å². The summed E-state index contributed by atoms with van der Waals surface area (Å²) in [5.74, 6) is 0.599. The maximum atomic E-state index is 12.6. The second kappa shape index (κ2) is 12.0. The summed E-state index contributed by atoms with van der Waals surface area (Å²) in [6.45, 7) is 2.23. The zero-order chi connectivity index (χ0) is 25.3.